The molecule has 1 fully saturated rings. The van der Waals surface area contributed by atoms with E-state index in [0.29, 0.717) is 37.7 Å². The highest BCUT2D eigenvalue weighted by molar-refractivity contribution is 6.31. The molecule has 3 rings (SSSR count). The Hall–Kier alpha value is -1.92. The van der Waals surface area contributed by atoms with Gasteiger partial charge < -0.3 is 18.9 Å². The van der Waals surface area contributed by atoms with E-state index in [0.717, 1.165) is 48.1 Å². The van der Waals surface area contributed by atoms with Crippen LogP contribution >= 0.6 is 11.6 Å². The van der Waals surface area contributed by atoms with Crippen LogP contribution in [0.25, 0.3) is 0 Å². The first-order chi connectivity index (χ1) is 17.0. The lowest BCUT2D eigenvalue weighted by molar-refractivity contribution is -0.174. The lowest BCUT2D eigenvalue weighted by atomic mass is 9.92. The van der Waals surface area contributed by atoms with Gasteiger partial charge in [-0.15, -0.1) is 0 Å². The van der Waals surface area contributed by atoms with Gasteiger partial charge in [0.25, 0.3) is 0 Å². The molecule has 0 saturated carbocycles. The predicted molar refractivity (Wildman–Crippen MR) is 139 cm³/mol. The molecule has 1 aliphatic heterocycles. The van der Waals surface area contributed by atoms with Gasteiger partial charge in [0.15, 0.2) is 5.78 Å². The predicted octanol–water partition coefficient (Wildman–Crippen LogP) is 6.73. The van der Waals surface area contributed by atoms with E-state index in [4.69, 9.17) is 30.5 Å². The third-order valence-electron chi connectivity index (χ3n) is 6.18. The molecule has 1 heterocycles. The Kier molecular flexibility index (Phi) is 11.5. The fourth-order valence-corrected chi connectivity index (χ4v) is 4.35. The maximum atomic E-state index is 12.8. The molecular weight excluding hydrogens is 464 g/mol. The summed E-state index contributed by atoms with van der Waals surface area (Å²) >= 11 is 6.58. The number of hydrogen-bond donors (Lipinski definition) is 0. The number of rotatable bonds is 14. The van der Waals surface area contributed by atoms with Crippen molar-refractivity contribution in [1.82, 2.24) is 0 Å². The van der Waals surface area contributed by atoms with Crippen LogP contribution in [-0.2, 0) is 25.4 Å². The molecule has 3 unspecified atom stereocenters. The first-order valence-electron chi connectivity index (χ1n) is 12.9. The van der Waals surface area contributed by atoms with Gasteiger partial charge in [0.05, 0.1) is 19.3 Å². The van der Waals surface area contributed by atoms with Crippen molar-refractivity contribution in [3.63, 3.8) is 0 Å². The van der Waals surface area contributed by atoms with Gasteiger partial charge in [0.2, 0.25) is 0 Å². The summed E-state index contributed by atoms with van der Waals surface area (Å²) in [5, 5.41) is 0.706. The molecule has 192 valence electrons. The van der Waals surface area contributed by atoms with E-state index in [-0.39, 0.29) is 24.6 Å². The van der Waals surface area contributed by atoms with Gasteiger partial charge in [-0.1, -0.05) is 62.6 Å². The summed E-state index contributed by atoms with van der Waals surface area (Å²) in [7, 11) is 0. The standard InChI is InChI=1S/C29H39ClO5/c1-4-7-15-32-20-28-26(31)19-27(34-16-8-5-2)29(35-28)22-11-14-25(30)23(18-22)17-21-9-12-24(13-10-21)33-6-3/h9-14,18,27-29H,4-8,15-17,19-20H2,1-3H3. The number of hydrogen-bond acceptors (Lipinski definition) is 5. The van der Waals surface area contributed by atoms with Gasteiger partial charge in [-0.25, -0.2) is 0 Å². The highest BCUT2D eigenvalue weighted by atomic mass is 35.5. The molecule has 35 heavy (non-hydrogen) atoms. The number of carbonyl (C=O) groups excluding carboxylic acids is 1. The highest BCUT2D eigenvalue weighted by Crippen LogP contribution is 2.35. The van der Waals surface area contributed by atoms with Crippen LogP contribution in [-0.4, -0.2) is 44.4 Å². The summed E-state index contributed by atoms with van der Waals surface area (Å²) in [6.45, 7) is 8.38. The maximum absolute atomic E-state index is 12.8. The molecule has 0 amide bonds. The molecule has 6 heteroatoms. The number of benzene rings is 2. The van der Waals surface area contributed by atoms with Gasteiger partial charge in [-0.2, -0.15) is 0 Å². The van der Waals surface area contributed by atoms with Crippen molar-refractivity contribution >= 4 is 17.4 Å². The van der Waals surface area contributed by atoms with E-state index in [1.165, 1.54) is 0 Å². The van der Waals surface area contributed by atoms with Crippen LogP contribution in [0.3, 0.4) is 0 Å². The Morgan fingerprint density at radius 3 is 2.46 bits per heavy atom. The van der Waals surface area contributed by atoms with Crippen molar-refractivity contribution in [3.05, 3.63) is 64.2 Å². The normalized spacial score (nSPS) is 20.2. The van der Waals surface area contributed by atoms with Gasteiger partial charge >= 0.3 is 0 Å². The zero-order valence-electron chi connectivity index (χ0n) is 21.3. The van der Waals surface area contributed by atoms with E-state index >= 15 is 0 Å². The topological polar surface area (TPSA) is 54.0 Å². The molecule has 0 bridgehead atoms. The van der Waals surface area contributed by atoms with Crippen molar-refractivity contribution in [3.8, 4) is 5.75 Å². The van der Waals surface area contributed by atoms with Gasteiger partial charge in [-0.05, 0) is 61.1 Å². The molecule has 2 aromatic carbocycles. The van der Waals surface area contributed by atoms with Crippen molar-refractivity contribution in [2.24, 2.45) is 0 Å². The number of ketones is 1. The average molecular weight is 503 g/mol. The molecule has 0 N–H and O–H groups in total. The van der Waals surface area contributed by atoms with E-state index in [1.807, 2.05) is 31.2 Å². The minimum Gasteiger partial charge on any atom is -0.494 e. The Morgan fingerprint density at radius 2 is 1.74 bits per heavy atom. The summed E-state index contributed by atoms with van der Waals surface area (Å²) in [5.74, 6) is 0.901. The van der Waals surface area contributed by atoms with Crippen LogP contribution in [0, 0.1) is 0 Å². The first-order valence-corrected chi connectivity index (χ1v) is 13.3. The minimum atomic E-state index is -0.576. The molecule has 5 nitrogen and oxygen atoms in total. The number of halogens is 1. The maximum Gasteiger partial charge on any atom is 0.166 e. The molecule has 0 aromatic heterocycles. The van der Waals surface area contributed by atoms with E-state index in [2.05, 4.69) is 32.0 Å². The van der Waals surface area contributed by atoms with Crippen LogP contribution in [0.15, 0.2) is 42.5 Å². The molecular formula is C29H39ClO5. The summed E-state index contributed by atoms with van der Waals surface area (Å²) in [6.07, 6.45) is 3.78. The first kappa shape index (κ1) is 27.7. The van der Waals surface area contributed by atoms with E-state index < -0.39 is 6.10 Å². The summed E-state index contributed by atoms with van der Waals surface area (Å²) in [4.78, 5) is 12.8. The fraction of sp³-hybridized carbons (Fsp3) is 0.552. The Bertz CT molecular complexity index is 914. The second kappa shape index (κ2) is 14.6. The molecule has 0 radical (unpaired) electrons. The Labute approximate surface area is 215 Å². The zero-order valence-corrected chi connectivity index (χ0v) is 22.0. The smallest absolute Gasteiger partial charge is 0.166 e. The summed E-state index contributed by atoms with van der Waals surface area (Å²) < 4.78 is 23.8. The molecule has 3 atom stereocenters. The summed E-state index contributed by atoms with van der Waals surface area (Å²) in [6, 6.07) is 14.1. The number of carbonyl (C=O) groups is 1. The van der Waals surface area contributed by atoms with Crippen molar-refractivity contribution in [2.75, 3.05) is 26.4 Å². The second-order valence-corrected chi connectivity index (χ2v) is 9.42. The largest absolute Gasteiger partial charge is 0.494 e. The number of Topliss-reactive ketones (excluding diaryl/α,β-unsaturated/α-hetero) is 1. The Morgan fingerprint density at radius 1 is 1.00 bits per heavy atom. The third-order valence-corrected chi connectivity index (χ3v) is 6.55. The minimum absolute atomic E-state index is 0.0443. The number of ether oxygens (including phenoxy) is 4. The zero-order chi connectivity index (χ0) is 25.0. The number of unbranched alkanes of at least 4 members (excludes halogenated alkanes) is 2. The van der Waals surface area contributed by atoms with Crippen LogP contribution in [0.2, 0.25) is 5.02 Å². The quantitative estimate of drug-likeness (QED) is 0.268. The summed E-state index contributed by atoms with van der Waals surface area (Å²) in [5.41, 5.74) is 3.13. The molecule has 0 spiro atoms. The van der Waals surface area contributed by atoms with Crippen molar-refractivity contribution in [2.45, 2.75) is 77.6 Å². The van der Waals surface area contributed by atoms with Gasteiger partial charge in [0.1, 0.15) is 18.0 Å². The lowest BCUT2D eigenvalue weighted by Crippen LogP contribution is -2.43. The van der Waals surface area contributed by atoms with E-state index in [1.54, 1.807) is 0 Å². The second-order valence-electron chi connectivity index (χ2n) is 9.01. The highest BCUT2D eigenvalue weighted by Gasteiger charge is 2.38. The van der Waals surface area contributed by atoms with Gasteiger partial charge in [0, 0.05) is 24.7 Å². The average Bonchev–Trinajstić information content (AvgIpc) is 2.86. The van der Waals surface area contributed by atoms with E-state index in [9.17, 15) is 4.79 Å². The molecule has 1 aliphatic rings. The van der Waals surface area contributed by atoms with Crippen LogP contribution in [0.5, 0.6) is 5.75 Å². The van der Waals surface area contributed by atoms with Gasteiger partial charge in [-0.3, -0.25) is 4.79 Å². The molecule has 0 aliphatic carbocycles. The van der Waals surface area contributed by atoms with Crippen LogP contribution in [0.1, 0.15) is 75.7 Å². The monoisotopic (exact) mass is 502 g/mol. The molecule has 2 aromatic rings. The SMILES string of the molecule is CCCCOCC1OC(c2ccc(Cl)c(Cc3ccc(OCC)cc3)c2)C(OCCCC)CC1=O. The van der Waals surface area contributed by atoms with Crippen LogP contribution in [0.4, 0.5) is 0 Å². The van der Waals surface area contributed by atoms with Crippen LogP contribution < -0.4 is 4.74 Å². The van der Waals surface area contributed by atoms with Crippen molar-refractivity contribution in [1.29, 1.82) is 0 Å². The molecule has 1 saturated heterocycles. The Balaban J connectivity index is 1.78. The van der Waals surface area contributed by atoms with Crippen molar-refractivity contribution < 1.29 is 23.7 Å². The third kappa shape index (κ3) is 8.32. The lowest BCUT2D eigenvalue weighted by Gasteiger charge is -2.36. The fourth-order valence-electron chi connectivity index (χ4n) is 4.16.